The Bertz CT molecular complexity index is 735. The summed E-state index contributed by atoms with van der Waals surface area (Å²) in [5.41, 5.74) is 0.749. The molecule has 1 aromatic carbocycles. The first kappa shape index (κ1) is 31.0. The number of hydrogen-bond acceptors (Lipinski definition) is 7. The predicted octanol–water partition coefficient (Wildman–Crippen LogP) is -6.42. The summed E-state index contributed by atoms with van der Waals surface area (Å²) in [5, 5.41) is 26.9. The van der Waals surface area contributed by atoms with E-state index in [2.05, 4.69) is 15.4 Å². The van der Waals surface area contributed by atoms with E-state index < -0.39 is 44.4 Å². The summed E-state index contributed by atoms with van der Waals surface area (Å²) in [7, 11) is -4.10. The third kappa shape index (κ3) is 13.9. The smallest absolute Gasteiger partial charge is 0.861 e. The van der Waals surface area contributed by atoms with Gasteiger partial charge in [0.15, 0.2) is 0 Å². The van der Waals surface area contributed by atoms with E-state index in [0.717, 1.165) is 5.56 Å². The summed E-state index contributed by atoms with van der Waals surface area (Å²) in [4.78, 5) is 35.8. The Labute approximate surface area is 199 Å². The van der Waals surface area contributed by atoms with E-state index in [4.69, 9.17) is 4.74 Å². The first-order chi connectivity index (χ1) is 13.1. The molecule has 0 saturated heterocycles. The van der Waals surface area contributed by atoms with Gasteiger partial charge in [-0.1, -0.05) is 44.2 Å². The van der Waals surface area contributed by atoms with Crippen LogP contribution in [0, 0.1) is 5.92 Å². The molecule has 13 heteroatoms. The maximum Gasteiger partial charge on any atom is 1.00 e. The second-order valence-electron chi connectivity index (χ2n) is 6.42. The largest absolute Gasteiger partial charge is 1.00 e. The minimum Gasteiger partial charge on any atom is -0.861 e. The number of ether oxygens (including phenoxy) is 1. The molecule has 3 N–H and O–H groups in total. The third-order valence-electron chi connectivity index (χ3n) is 3.39. The van der Waals surface area contributed by atoms with Crippen LogP contribution in [0.2, 0.25) is 0 Å². The van der Waals surface area contributed by atoms with Gasteiger partial charge >= 0.3 is 43.8 Å². The number of nitrogens with one attached hydrogen (secondary N) is 2. The van der Waals surface area contributed by atoms with Gasteiger partial charge < -0.3 is 30.0 Å². The molecule has 0 radical (unpaired) electrons. The van der Waals surface area contributed by atoms with Crippen LogP contribution in [0.1, 0.15) is 25.8 Å². The van der Waals surface area contributed by atoms with Gasteiger partial charge in [0.25, 0.3) is 7.52 Å². The minimum atomic E-state index is -4.10. The van der Waals surface area contributed by atoms with Crippen LogP contribution in [0.3, 0.4) is 0 Å². The van der Waals surface area contributed by atoms with Gasteiger partial charge in [0.1, 0.15) is 12.9 Å². The number of carbonyl (C=O) groups is 2. The van der Waals surface area contributed by atoms with Crippen molar-refractivity contribution in [2.24, 2.45) is 10.9 Å². The number of nitrogens with zero attached hydrogens (tertiary/aromatic N) is 1. The molecule has 1 rings (SSSR count). The molecule has 0 aliphatic heterocycles. The molecule has 1 amide bonds. The fourth-order valence-corrected chi connectivity index (χ4v) is 2.90. The maximum absolute atomic E-state index is 11.9. The van der Waals surface area contributed by atoms with E-state index in [1.165, 1.54) is 0 Å². The molecular formula is C17H24Li2N3O7P. The molecule has 1 unspecified atom stereocenters. The summed E-state index contributed by atoms with van der Waals surface area (Å²) in [6, 6.07) is 7.54. The zero-order valence-electron chi connectivity index (χ0n) is 17.7. The van der Waals surface area contributed by atoms with Gasteiger partial charge in [0, 0.05) is 6.54 Å². The van der Waals surface area contributed by atoms with Gasteiger partial charge in [-0.05, 0) is 23.8 Å². The van der Waals surface area contributed by atoms with Crippen LogP contribution in [-0.4, -0.2) is 41.7 Å². The molecule has 0 bridgehead atoms. The number of alkyl carbamates (subject to hydrolysis) is 1. The van der Waals surface area contributed by atoms with E-state index in [1.54, 1.807) is 38.1 Å². The molecule has 1 aromatic rings. The van der Waals surface area contributed by atoms with Crippen molar-refractivity contribution in [1.29, 1.82) is 0 Å². The Morgan fingerprint density at radius 3 is 2.33 bits per heavy atom. The Balaban J connectivity index is 0. The van der Waals surface area contributed by atoms with Gasteiger partial charge in [0.2, 0.25) is 0 Å². The van der Waals surface area contributed by atoms with Gasteiger partial charge in [-0.3, -0.25) is 9.56 Å². The zero-order valence-corrected chi connectivity index (χ0v) is 18.6. The van der Waals surface area contributed by atoms with Crippen molar-refractivity contribution >= 4 is 25.5 Å². The molecule has 0 heterocycles. The Kier molecular flexibility index (Phi) is 16.1. The van der Waals surface area contributed by atoms with Gasteiger partial charge in [-0.25, -0.2) is 9.88 Å². The van der Waals surface area contributed by atoms with Crippen molar-refractivity contribution in [3.8, 4) is 0 Å². The number of carbonyl (C=O) groups excluding carboxylic acids is 2. The van der Waals surface area contributed by atoms with Crippen molar-refractivity contribution in [3.05, 3.63) is 35.9 Å². The monoisotopic (exact) mass is 427 g/mol. The summed E-state index contributed by atoms with van der Waals surface area (Å²) >= 11 is 0. The summed E-state index contributed by atoms with van der Waals surface area (Å²) in [5.74, 6) is -2.42. The maximum atomic E-state index is 11.9. The van der Waals surface area contributed by atoms with Gasteiger partial charge in [-0.15, -0.1) is 0 Å². The van der Waals surface area contributed by atoms with E-state index in [0.29, 0.717) is 0 Å². The third-order valence-corrected chi connectivity index (χ3v) is 4.63. The molecule has 0 aromatic heterocycles. The molecular weight excluding hydrogens is 403 g/mol. The van der Waals surface area contributed by atoms with E-state index in [-0.39, 0.29) is 56.7 Å². The average Bonchev–Trinajstić information content (AvgIpc) is 2.63. The number of aliphatic imine (C=N–C) groups is 1. The Morgan fingerprint density at radius 1 is 1.20 bits per heavy atom. The van der Waals surface area contributed by atoms with Crippen LogP contribution in [0.25, 0.3) is 0 Å². The Hall–Kier alpha value is -1.23. The SMILES string of the molecule is CC(C)C[C@H](N=C([O-])CNP(=O)(O)CNC(=O)OCc1ccccc1)C(=O)[O-].[Li+].[Li+]. The quantitative estimate of drug-likeness (QED) is 0.136. The minimum absolute atomic E-state index is 0. The molecule has 0 aliphatic rings. The number of hydrogen-bond donors (Lipinski definition) is 3. The van der Waals surface area contributed by atoms with Gasteiger partial charge in [0.05, 0.1) is 12.0 Å². The molecule has 30 heavy (non-hydrogen) atoms. The van der Waals surface area contributed by atoms with E-state index in [1.807, 2.05) is 6.07 Å². The molecule has 156 valence electrons. The molecule has 2 atom stereocenters. The molecule has 0 saturated carbocycles. The number of carboxylic acids is 1. The van der Waals surface area contributed by atoms with Crippen LogP contribution in [0.15, 0.2) is 35.3 Å². The van der Waals surface area contributed by atoms with Crippen LogP contribution in [0.5, 0.6) is 0 Å². The molecule has 0 fully saturated rings. The second-order valence-corrected chi connectivity index (χ2v) is 8.46. The summed E-state index contributed by atoms with van der Waals surface area (Å²) in [6.45, 7) is 2.86. The van der Waals surface area contributed by atoms with Crippen molar-refractivity contribution in [3.63, 3.8) is 0 Å². The standard InChI is InChI=1S/C17H26N3O7P.2Li/c1-12(2)8-14(16(22)23)20-15(21)9-19-28(25,26)11-18-17(24)27-10-13-6-4-3-5-7-13;;/h3-7,12,14H,8-11H2,1-2H3,(H,18,24)(H,20,21)(H,22,23)(H2,19,25,26);;/q;2*+1/p-2/t14-;;/m0../s1. The number of rotatable bonds is 11. The van der Waals surface area contributed by atoms with Crippen molar-refractivity contribution in [1.82, 2.24) is 10.4 Å². The first-order valence-corrected chi connectivity index (χ1v) is 10.4. The first-order valence-electron chi connectivity index (χ1n) is 8.55. The fraction of sp³-hybridized carbons (Fsp3) is 0.471. The fourth-order valence-electron chi connectivity index (χ4n) is 2.06. The van der Waals surface area contributed by atoms with Crippen LogP contribution in [-0.2, 0) is 20.7 Å². The second kappa shape index (κ2) is 15.6. The summed E-state index contributed by atoms with van der Waals surface area (Å²) < 4.78 is 16.8. The number of amides is 1. The van der Waals surface area contributed by atoms with Crippen molar-refractivity contribution < 1.29 is 71.7 Å². The summed E-state index contributed by atoms with van der Waals surface area (Å²) in [6.07, 6.45) is -1.46. The predicted molar refractivity (Wildman–Crippen MR) is 98.1 cm³/mol. The van der Waals surface area contributed by atoms with Gasteiger partial charge in [-0.2, -0.15) is 0 Å². The van der Waals surface area contributed by atoms with Crippen LogP contribution in [0.4, 0.5) is 4.79 Å². The molecule has 10 nitrogen and oxygen atoms in total. The molecule has 0 aliphatic carbocycles. The van der Waals surface area contributed by atoms with E-state index >= 15 is 0 Å². The zero-order chi connectivity index (χ0) is 21.2. The molecule has 0 spiro atoms. The number of benzene rings is 1. The average molecular weight is 427 g/mol. The van der Waals surface area contributed by atoms with Crippen LogP contribution >= 0.6 is 7.52 Å². The van der Waals surface area contributed by atoms with E-state index in [9.17, 15) is 29.3 Å². The normalized spacial score (nSPS) is 13.9. The van der Waals surface area contributed by atoms with Crippen molar-refractivity contribution in [2.75, 3.05) is 12.8 Å². The topological polar surface area (TPSA) is 163 Å². The Morgan fingerprint density at radius 2 is 1.80 bits per heavy atom. The number of aliphatic carboxylic acids is 1. The van der Waals surface area contributed by atoms with Crippen molar-refractivity contribution in [2.45, 2.75) is 32.9 Å². The number of carboxylic acid groups (broad SMARTS) is 1. The van der Waals surface area contributed by atoms with Crippen LogP contribution < -0.4 is 58.3 Å².